The molecule has 0 aliphatic carbocycles. The first-order valence-electron chi connectivity index (χ1n) is 7.21. The van der Waals surface area contributed by atoms with Crippen molar-refractivity contribution in [2.24, 2.45) is 0 Å². The third-order valence-electron chi connectivity index (χ3n) is 3.24. The molecule has 2 rings (SSSR count). The Morgan fingerprint density at radius 2 is 1.92 bits per heavy atom. The van der Waals surface area contributed by atoms with Gasteiger partial charge in [0.25, 0.3) is 5.56 Å². The number of hydrogen-bond donors (Lipinski definition) is 1. The summed E-state index contributed by atoms with van der Waals surface area (Å²) < 4.78 is 57.6. The molecule has 0 atom stereocenters. The first kappa shape index (κ1) is 19.0. The van der Waals surface area contributed by atoms with Crippen LogP contribution in [-0.2, 0) is 6.18 Å². The van der Waals surface area contributed by atoms with Gasteiger partial charge < -0.3 is 9.72 Å². The van der Waals surface area contributed by atoms with Gasteiger partial charge in [-0.1, -0.05) is 24.9 Å². The number of ether oxygens (including phenoxy) is 1. The van der Waals surface area contributed by atoms with Crippen LogP contribution in [0.2, 0.25) is 5.02 Å². The average Bonchev–Trinajstić information content (AvgIpc) is 2.49. The Morgan fingerprint density at radius 3 is 2.48 bits per heavy atom. The number of halogens is 5. The van der Waals surface area contributed by atoms with Gasteiger partial charge in [0.2, 0.25) is 0 Å². The molecule has 1 heterocycles. The van der Waals surface area contributed by atoms with Crippen LogP contribution >= 0.6 is 11.6 Å². The Balaban J connectivity index is 2.57. The molecule has 0 amide bonds. The van der Waals surface area contributed by atoms with Crippen LogP contribution in [-0.4, -0.2) is 16.2 Å². The molecular formula is C15H13ClF4N2O3. The molecule has 0 unspecified atom stereocenters. The van der Waals surface area contributed by atoms with Crippen molar-refractivity contribution in [3.63, 3.8) is 0 Å². The highest BCUT2D eigenvalue weighted by Gasteiger charge is 2.33. The number of aromatic amines is 1. The Bertz CT molecular complexity index is 859. The fraction of sp³-hybridized carbons (Fsp3) is 0.333. The zero-order chi connectivity index (χ0) is 18.8. The molecule has 0 radical (unpaired) electrons. The van der Waals surface area contributed by atoms with Crippen LogP contribution in [0.15, 0.2) is 27.8 Å². The van der Waals surface area contributed by atoms with Gasteiger partial charge in [0.1, 0.15) is 17.3 Å². The Hall–Kier alpha value is -2.29. The van der Waals surface area contributed by atoms with Gasteiger partial charge in [0.05, 0.1) is 17.3 Å². The van der Waals surface area contributed by atoms with E-state index in [2.05, 4.69) is 0 Å². The SMILES string of the molecule is CCCCOc1cc(-n2c(=O)cc(C(F)(F)F)[nH]c2=O)c(F)cc1Cl. The number of rotatable bonds is 5. The van der Waals surface area contributed by atoms with E-state index in [1.54, 1.807) is 0 Å². The maximum atomic E-state index is 14.1. The number of alkyl halides is 3. The summed E-state index contributed by atoms with van der Waals surface area (Å²) in [7, 11) is 0. The summed E-state index contributed by atoms with van der Waals surface area (Å²) in [6.45, 7) is 2.18. The lowest BCUT2D eigenvalue weighted by Crippen LogP contribution is -2.36. The van der Waals surface area contributed by atoms with Crippen LogP contribution in [0.25, 0.3) is 5.69 Å². The normalized spacial score (nSPS) is 11.6. The number of aromatic nitrogens is 2. The van der Waals surface area contributed by atoms with Crippen LogP contribution in [0.3, 0.4) is 0 Å². The van der Waals surface area contributed by atoms with Crippen molar-refractivity contribution >= 4 is 11.6 Å². The number of nitrogens with zero attached hydrogens (tertiary/aromatic N) is 1. The molecule has 0 aliphatic rings. The largest absolute Gasteiger partial charge is 0.492 e. The number of nitrogens with one attached hydrogen (secondary N) is 1. The van der Waals surface area contributed by atoms with Gasteiger partial charge in [-0.25, -0.2) is 13.8 Å². The van der Waals surface area contributed by atoms with Crippen molar-refractivity contribution < 1.29 is 22.3 Å². The van der Waals surface area contributed by atoms with Crippen LogP contribution < -0.4 is 16.0 Å². The van der Waals surface area contributed by atoms with E-state index in [1.807, 2.05) is 6.92 Å². The first-order chi connectivity index (χ1) is 11.6. The third kappa shape index (κ3) is 4.22. The summed E-state index contributed by atoms with van der Waals surface area (Å²) in [5.41, 5.74) is -4.85. The van der Waals surface area contributed by atoms with E-state index in [-0.39, 0.29) is 28.0 Å². The summed E-state index contributed by atoms with van der Waals surface area (Å²) in [4.78, 5) is 25.3. The Kier molecular flexibility index (Phi) is 5.56. The van der Waals surface area contributed by atoms with Crippen molar-refractivity contribution in [2.75, 3.05) is 6.61 Å². The van der Waals surface area contributed by atoms with E-state index in [0.717, 1.165) is 18.6 Å². The minimum atomic E-state index is -4.91. The Morgan fingerprint density at radius 1 is 1.24 bits per heavy atom. The zero-order valence-corrected chi connectivity index (χ0v) is 13.7. The van der Waals surface area contributed by atoms with Crippen LogP contribution in [0.1, 0.15) is 25.5 Å². The maximum Gasteiger partial charge on any atom is 0.431 e. The highest BCUT2D eigenvalue weighted by molar-refractivity contribution is 6.32. The second-order valence-corrected chi connectivity index (χ2v) is 5.50. The molecule has 136 valence electrons. The smallest absolute Gasteiger partial charge is 0.431 e. The molecule has 1 aromatic heterocycles. The van der Waals surface area contributed by atoms with E-state index < -0.39 is 34.6 Å². The number of benzene rings is 1. The van der Waals surface area contributed by atoms with E-state index in [4.69, 9.17) is 16.3 Å². The van der Waals surface area contributed by atoms with Crippen LogP contribution in [0, 0.1) is 5.82 Å². The molecule has 0 saturated heterocycles. The summed E-state index contributed by atoms with van der Waals surface area (Å²) in [6.07, 6.45) is -3.40. The lowest BCUT2D eigenvalue weighted by atomic mass is 10.2. The van der Waals surface area contributed by atoms with Crippen LogP contribution in [0.5, 0.6) is 5.75 Å². The lowest BCUT2D eigenvalue weighted by Gasteiger charge is -2.13. The molecule has 10 heteroatoms. The lowest BCUT2D eigenvalue weighted by molar-refractivity contribution is -0.141. The molecular weight excluding hydrogens is 368 g/mol. The monoisotopic (exact) mass is 380 g/mol. The standard InChI is InChI=1S/C15H13ClF4N2O3/c1-2-3-4-25-11-6-10(9(17)5-8(11)16)22-13(23)7-12(15(18,19)20)21-14(22)24/h5-7H,2-4H2,1H3,(H,21,24). The summed E-state index contributed by atoms with van der Waals surface area (Å²) in [5, 5.41) is -0.0891. The van der Waals surface area contributed by atoms with Crippen molar-refractivity contribution in [2.45, 2.75) is 25.9 Å². The molecule has 25 heavy (non-hydrogen) atoms. The van der Waals surface area contributed by atoms with E-state index in [0.29, 0.717) is 6.42 Å². The molecule has 2 aromatic rings. The summed E-state index contributed by atoms with van der Waals surface area (Å²) >= 11 is 5.85. The van der Waals surface area contributed by atoms with Crippen LogP contribution in [0.4, 0.5) is 17.6 Å². The van der Waals surface area contributed by atoms with Gasteiger partial charge in [-0.15, -0.1) is 0 Å². The summed E-state index contributed by atoms with van der Waals surface area (Å²) in [5.74, 6) is -1.04. The molecule has 0 bridgehead atoms. The quantitative estimate of drug-likeness (QED) is 0.637. The second-order valence-electron chi connectivity index (χ2n) is 5.10. The van der Waals surface area contributed by atoms with E-state index in [9.17, 15) is 27.2 Å². The molecule has 1 N–H and O–H groups in total. The van der Waals surface area contributed by atoms with Crippen molar-refractivity contribution in [1.29, 1.82) is 0 Å². The minimum Gasteiger partial charge on any atom is -0.492 e. The van der Waals surface area contributed by atoms with Gasteiger partial charge >= 0.3 is 11.9 Å². The third-order valence-corrected chi connectivity index (χ3v) is 3.53. The predicted molar refractivity (Wildman–Crippen MR) is 83.0 cm³/mol. The molecule has 0 saturated carbocycles. The second kappa shape index (κ2) is 7.30. The van der Waals surface area contributed by atoms with Gasteiger partial charge in [-0.2, -0.15) is 13.2 Å². The molecule has 0 fully saturated rings. The average molecular weight is 381 g/mol. The van der Waals surface area contributed by atoms with Gasteiger partial charge in [-0.3, -0.25) is 4.79 Å². The van der Waals surface area contributed by atoms with Gasteiger partial charge in [0.15, 0.2) is 0 Å². The van der Waals surface area contributed by atoms with Crippen molar-refractivity contribution in [3.05, 3.63) is 55.6 Å². The fourth-order valence-electron chi connectivity index (χ4n) is 2.00. The van der Waals surface area contributed by atoms with Crippen molar-refractivity contribution in [1.82, 2.24) is 9.55 Å². The van der Waals surface area contributed by atoms with E-state index in [1.165, 1.54) is 4.98 Å². The van der Waals surface area contributed by atoms with Gasteiger partial charge in [0, 0.05) is 12.1 Å². The number of hydrogen-bond acceptors (Lipinski definition) is 3. The highest BCUT2D eigenvalue weighted by atomic mass is 35.5. The molecule has 0 spiro atoms. The van der Waals surface area contributed by atoms with E-state index >= 15 is 0 Å². The minimum absolute atomic E-state index is 0.0118. The number of unbranched alkanes of at least 4 members (excludes halogenated alkanes) is 1. The van der Waals surface area contributed by atoms with Crippen molar-refractivity contribution in [3.8, 4) is 11.4 Å². The fourth-order valence-corrected chi connectivity index (χ4v) is 2.21. The maximum absolute atomic E-state index is 14.1. The highest BCUT2D eigenvalue weighted by Crippen LogP contribution is 2.29. The topological polar surface area (TPSA) is 64.1 Å². The summed E-state index contributed by atoms with van der Waals surface area (Å²) in [6, 6.07) is 1.99. The first-order valence-corrected chi connectivity index (χ1v) is 7.58. The molecule has 0 aliphatic heterocycles. The van der Waals surface area contributed by atoms with Gasteiger partial charge in [-0.05, 0) is 12.5 Å². The predicted octanol–water partition coefficient (Wildman–Crippen LogP) is 3.52. The Labute approximate surface area is 143 Å². The molecule has 5 nitrogen and oxygen atoms in total. The zero-order valence-electron chi connectivity index (χ0n) is 12.9. The number of H-pyrrole nitrogens is 1. The molecule has 1 aromatic carbocycles.